The van der Waals surface area contributed by atoms with Gasteiger partial charge in [-0.15, -0.1) is 0 Å². The molecule has 7 nitrogen and oxygen atoms in total. The van der Waals surface area contributed by atoms with Crippen molar-refractivity contribution < 1.29 is 33.9 Å². The van der Waals surface area contributed by atoms with Crippen molar-refractivity contribution in [2.75, 3.05) is 13.2 Å². The molecule has 0 radical (unpaired) electrons. The minimum absolute atomic E-state index is 0.168. The lowest BCUT2D eigenvalue weighted by atomic mass is 9.91. The Bertz CT molecular complexity index is 1320. The highest BCUT2D eigenvalue weighted by Gasteiger charge is 2.48. The summed E-state index contributed by atoms with van der Waals surface area (Å²) in [5, 5.41) is 20.3. The SMILES string of the molecule is OC[C@@H](O)C[C@H]1OC(COCc2ccccc2)[C@@H](OCc2ccccc2)C(OCc2ccccc2)C1OCc1ccccc1. The van der Waals surface area contributed by atoms with Gasteiger partial charge in [0.05, 0.1) is 51.8 Å². The summed E-state index contributed by atoms with van der Waals surface area (Å²) in [4.78, 5) is 0. The Morgan fingerprint density at radius 1 is 0.523 bits per heavy atom. The van der Waals surface area contributed by atoms with Gasteiger partial charge in [-0.1, -0.05) is 121 Å². The summed E-state index contributed by atoms with van der Waals surface area (Å²) in [5.41, 5.74) is 4.10. The monoisotopic (exact) mass is 598 g/mol. The number of rotatable bonds is 16. The van der Waals surface area contributed by atoms with Crippen LogP contribution >= 0.6 is 0 Å². The van der Waals surface area contributed by atoms with Crippen LogP contribution in [0.1, 0.15) is 28.7 Å². The van der Waals surface area contributed by atoms with Crippen molar-refractivity contribution in [3.05, 3.63) is 144 Å². The Balaban J connectivity index is 1.43. The molecule has 0 aliphatic carbocycles. The molecule has 1 heterocycles. The molecule has 0 aromatic heterocycles. The molecule has 5 rings (SSSR count). The van der Waals surface area contributed by atoms with E-state index in [1.165, 1.54) is 0 Å². The van der Waals surface area contributed by atoms with Crippen LogP contribution < -0.4 is 0 Å². The average molecular weight is 599 g/mol. The Labute approximate surface area is 259 Å². The summed E-state index contributed by atoms with van der Waals surface area (Å²) in [6, 6.07) is 39.9. The molecule has 0 spiro atoms. The van der Waals surface area contributed by atoms with Crippen LogP contribution in [0.5, 0.6) is 0 Å². The van der Waals surface area contributed by atoms with Crippen molar-refractivity contribution in [3.8, 4) is 0 Å². The Kier molecular flexibility index (Phi) is 12.5. The molecule has 2 N–H and O–H groups in total. The lowest BCUT2D eigenvalue weighted by Crippen LogP contribution is -2.61. The van der Waals surface area contributed by atoms with Crippen molar-refractivity contribution in [2.24, 2.45) is 0 Å². The van der Waals surface area contributed by atoms with Crippen LogP contribution in [0.25, 0.3) is 0 Å². The highest BCUT2D eigenvalue weighted by Crippen LogP contribution is 2.33. The van der Waals surface area contributed by atoms with E-state index < -0.39 is 36.6 Å². The molecular formula is C37H42O7. The van der Waals surface area contributed by atoms with Crippen molar-refractivity contribution in [3.63, 3.8) is 0 Å². The normalized spacial score (nSPS) is 22.5. The summed E-state index contributed by atoms with van der Waals surface area (Å²) in [5.74, 6) is 0. The first-order valence-electron chi connectivity index (χ1n) is 15.2. The van der Waals surface area contributed by atoms with E-state index >= 15 is 0 Å². The van der Waals surface area contributed by atoms with Crippen molar-refractivity contribution >= 4 is 0 Å². The number of hydrogen-bond acceptors (Lipinski definition) is 7. The highest BCUT2D eigenvalue weighted by atomic mass is 16.6. The first-order valence-corrected chi connectivity index (χ1v) is 15.2. The van der Waals surface area contributed by atoms with Crippen molar-refractivity contribution in [1.29, 1.82) is 0 Å². The molecule has 3 unspecified atom stereocenters. The number of hydrogen-bond donors (Lipinski definition) is 2. The molecule has 7 heteroatoms. The maximum Gasteiger partial charge on any atom is 0.115 e. The van der Waals surface area contributed by atoms with Gasteiger partial charge in [0.1, 0.15) is 24.4 Å². The maximum atomic E-state index is 10.5. The Morgan fingerprint density at radius 2 is 0.909 bits per heavy atom. The molecule has 4 aromatic rings. The second kappa shape index (κ2) is 17.2. The van der Waals surface area contributed by atoms with Gasteiger partial charge in [0, 0.05) is 6.42 Å². The zero-order valence-corrected chi connectivity index (χ0v) is 24.9. The van der Waals surface area contributed by atoms with Gasteiger partial charge in [0.2, 0.25) is 0 Å². The maximum absolute atomic E-state index is 10.5. The summed E-state index contributed by atoms with van der Waals surface area (Å²) in [6.07, 6.45) is -3.60. The Hall–Kier alpha value is -3.40. The molecule has 232 valence electrons. The summed E-state index contributed by atoms with van der Waals surface area (Å²) >= 11 is 0. The van der Waals surface area contributed by atoms with Gasteiger partial charge in [0.25, 0.3) is 0 Å². The molecule has 1 aliphatic heterocycles. The van der Waals surface area contributed by atoms with E-state index in [9.17, 15) is 10.2 Å². The predicted molar refractivity (Wildman–Crippen MR) is 168 cm³/mol. The zero-order valence-electron chi connectivity index (χ0n) is 24.9. The van der Waals surface area contributed by atoms with Crippen LogP contribution in [-0.4, -0.2) is 60.1 Å². The standard InChI is InChI=1S/C37H42O7/c38-22-32(39)21-33-35(41-24-29-15-7-2-8-16-29)37(43-26-31-19-11-4-12-20-31)36(42-25-30-17-9-3-10-18-30)34(44-33)27-40-23-28-13-5-1-6-14-28/h1-20,32-39H,21-27H2/t32-,33+,34?,35?,36+,37?/m0/s1. The third kappa shape index (κ3) is 9.55. The topological polar surface area (TPSA) is 86.6 Å². The van der Waals surface area contributed by atoms with Crippen LogP contribution in [0.15, 0.2) is 121 Å². The summed E-state index contributed by atoms with van der Waals surface area (Å²) in [7, 11) is 0. The predicted octanol–water partition coefficient (Wildman–Crippen LogP) is 5.47. The molecule has 1 saturated heterocycles. The van der Waals surface area contributed by atoms with Crippen LogP contribution in [0, 0.1) is 0 Å². The van der Waals surface area contributed by atoms with Gasteiger partial charge in [-0.05, 0) is 22.3 Å². The number of aliphatic hydroxyl groups is 2. The molecule has 1 aliphatic rings. The molecule has 1 fully saturated rings. The zero-order chi connectivity index (χ0) is 30.4. The van der Waals surface area contributed by atoms with E-state index in [4.69, 9.17) is 23.7 Å². The number of ether oxygens (including phenoxy) is 5. The van der Waals surface area contributed by atoms with Crippen LogP contribution in [0.4, 0.5) is 0 Å². The van der Waals surface area contributed by atoms with Gasteiger partial charge in [0.15, 0.2) is 0 Å². The highest BCUT2D eigenvalue weighted by molar-refractivity contribution is 5.16. The van der Waals surface area contributed by atoms with E-state index in [1.807, 2.05) is 121 Å². The van der Waals surface area contributed by atoms with E-state index in [1.54, 1.807) is 0 Å². The van der Waals surface area contributed by atoms with Gasteiger partial charge >= 0.3 is 0 Å². The van der Waals surface area contributed by atoms with Gasteiger partial charge in [-0.3, -0.25) is 0 Å². The lowest BCUT2D eigenvalue weighted by molar-refractivity contribution is -0.276. The van der Waals surface area contributed by atoms with Gasteiger partial charge < -0.3 is 33.9 Å². The summed E-state index contributed by atoms with van der Waals surface area (Å²) < 4.78 is 32.7. The van der Waals surface area contributed by atoms with Crippen LogP contribution in [0.3, 0.4) is 0 Å². The fourth-order valence-corrected chi connectivity index (χ4v) is 5.42. The smallest absolute Gasteiger partial charge is 0.115 e. The fourth-order valence-electron chi connectivity index (χ4n) is 5.42. The molecule has 6 atom stereocenters. The molecule has 0 amide bonds. The number of aliphatic hydroxyl groups excluding tert-OH is 2. The fraction of sp³-hybridized carbons (Fsp3) is 0.351. The van der Waals surface area contributed by atoms with Crippen molar-refractivity contribution in [1.82, 2.24) is 0 Å². The van der Waals surface area contributed by atoms with E-state index in [0.717, 1.165) is 22.3 Å². The number of benzene rings is 4. The second-order valence-corrected chi connectivity index (χ2v) is 11.1. The first kappa shape index (κ1) is 32.0. The molecule has 4 aromatic carbocycles. The van der Waals surface area contributed by atoms with Gasteiger partial charge in [-0.25, -0.2) is 0 Å². The first-order chi connectivity index (χ1) is 21.7. The molecule has 0 saturated carbocycles. The average Bonchev–Trinajstić information content (AvgIpc) is 3.08. The van der Waals surface area contributed by atoms with Gasteiger partial charge in [-0.2, -0.15) is 0 Å². The largest absolute Gasteiger partial charge is 0.394 e. The van der Waals surface area contributed by atoms with Crippen LogP contribution in [0.2, 0.25) is 0 Å². The summed E-state index contributed by atoms with van der Waals surface area (Å²) in [6.45, 7) is 1.30. The van der Waals surface area contributed by atoms with Crippen molar-refractivity contribution in [2.45, 2.75) is 69.5 Å². The van der Waals surface area contributed by atoms with E-state index in [2.05, 4.69) is 0 Å². The third-order valence-corrected chi connectivity index (χ3v) is 7.69. The third-order valence-electron chi connectivity index (χ3n) is 7.69. The second-order valence-electron chi connectivity index (χ2n) is 11.1. The van der Waals surface area contributed by atoms with Crippen LogP contribution in [-0.2, 0) is 50.1 Å². The lowest BCUT2D eigenvalue weighted by Gasteiger charge is -2.46. The Morgan fingerprint density at radius 3 is 1.34 bits per heavy atom. The van der Waals surface area contributed by atoms with E-state index in [0.29, 0.717) is 26.4 Å². The molecule has 0 bridgehead atoms. The molecular weight excluding hydrogens is 556 g/mol. The molecule has 44 heavy (non-hydrogen) atoms. The quantitative estimate of drug-likeness (QED) is 0.177. The minimum Gasteiger partial charge on any atom is -0.394 e. The minimum atomic E-state index is -0.981. The van der Waals surface area contributed by atoms with E-state index in [-0.39, 0.29) is 19.6 Å².